The lowest BCUT2D eigenvalue weighted by Gasteiger charge is -1.98. The first-order valence-corrected chi connectivity index (χ1v) is 6.41. The maximum Gasteiger partial charge on any atom is 0.121 e. The van der Waals surface area contributed by atoms with Gasteiger partial charge >= 0.3 is 0 Å². The van der Waals surface area contributed by atoms with Crippen molar-refractivity contribution in [2.24, 2.45) is 14.1 Å². The number of fused-ring (bicyclic) bond motifs is 1. The third-order valence-electron chi connectivity index (χ3n) is 3.63. The summed E-state index contributed by atoms with van der Waals surface area (Å²) in [4.78, 5) is 0. The molecule has 0 saturated carbocycles. The van der Waals surface area contributed by atoms with Crippen LogP contribution in [0.3, 0.4) is 0 Å². The van der Waals surface area contributed by atoms with Crippen molar-refractivity contribution in [1.29, 1.82) is 0 Å². The van der Waals surface area contributed by atoms with Crippen molar-refractivity contribution in [3.8, 4) is 11.3 Å². The Morgan fingerprint density at radius 3 is 2.58 bits per heavy atom. The fraction of sp³-hybridized carbons (Fsp3) is 0.214. The molecule has 0 aliphatic rings. The highest BCUT2D eigenvalue weighted by molar-refractivity contribution is 6.31. The molecule has 0 bridgehead atoms. The third kappa shape index (κ3) is 1.71. The van der Waals surface area contributed by atoms with Crippen molar-refractivity contribution in [1.82, 2.24) is 14.3 Å². The van der Waals surface area contributed by atoms with Gasteiger partial charge in [-0.3, -0.25) is 4.68 Å². The minimum absolute atomic E-state index is 0.647. The van der Waals surface area contributed by atoms with Gasteiger partial charge < -0.3 is 10.3 Å². The van der Waals surface area contributed by atoms with Crippen LogP contribution in [0.1, 0.15) is 5.69 Å². The molecule has 3 aromatic rings. The van der Waals surface area contributed by atoms with Crippen LogP contribution in [0.15, 0.2) is 24.3 Å². The SMILES string of the molecule is Cc1c(-c2cc(N)n(C)n2)c2cc(Cl)ccc2n1C. The average molecular weight is 275 g/mol. The molecule has 0 saturated heterocycles. The second-order valence-corrected chi connectivity index (χ2v) is 5.20. The second kappa shape index (κ2) is 4.03. The summed E-state index contributed by atoms with van der Waals surface area (Å²) >= 11 is 6.12. The Morgan fingerprint density at radius 2 is 1.95 bits per heavy atom. The zero-order valence-electron chi connectivity index (χ0n) is 11.1. The van der Waals surface area contributed by atoms with E-state index in [0.29, 0.717) is 5.82 Å². The maximum atomic E-state index is 6.12. The van der Waals surface area contributed by atoms with Gasteiger partial charge in [0.25, 0.3) is 0 Å². The molecule has 4 nitrogen and oxygen atoms in total. The van der Waals surface area contributed by atoms with Crippen molar-refractivity contribution < 1.29 is 0 Å². The number of benzene rings is 1. The van der Waals surface area contributed by atoms with Crippen LogP contribution in [0.5, 0.6) is 0 Å². The average Bonchev–Trinajstić information content (AvgIpc) is 2.79. The van der Waals surface area contributed by atoms with Crippen molar-refractivity contribution in [2.75, 3.05) is 5.73 Å². The number of hydrogen-bond acceptors (Lipinski definition) is 2. The number of anilines is 1. The molecule has 0 aliphatic carbocycles. The predicted octanol–water partition coefficient (Wildman–Crippen LogP) is 3.12. The number of hydrogen-bond donors (Lipinski definition) is 1. The van der Waals surface area contributed by atoms with Crippen LogP contribution in [-0.4, -0.2) is 14.3 Å². The van der Waals surface area contributed by atoms with Crippen molar-refractivity contribution in [3.63, 3.8) is 0 Å². The minimum Gasteiger partial charge on any atom is -0.384 e. The first-order valence-electron chi connectivity index (χ1n) is 6.03. The van der Waals surface area contributed by atoms with Gasteiger partial charge in [0.05, 0.1) is 5.69 Å². The van der Waals surface area contributed by atoms with E-state index in [9.17, 15) is 0 Å². The molecular weight excluding hydrogens is 260 g/mol. The van der Waals surface area contributed by atoms with Gasteiger partial charge in [-0.25, -0.2) is 0 Å². The number of aromatic nitrogens is 3. The molecule has 2 aromatic heterocycles. The fourth-order valence-electron chi connectivity index (χ4n) is 2.47. The Hall–Kier alpha value is -1.94. The van der Waals surface area contributed by atoms with Crippen LogP contribution in [0.4, 0.5) is 5.82 Å². The smallest absolute Gasteiger partial charge is 0.121 e. The molecule has 0 radical (unpaired) electrons. The normalized spacial score (nSPS) is 11.4. The van der Waals surface area contributed by atoms with E-state index in [-0.39, 0.29) is 0 Å². The van der Waals surface area contributed by atoms with Crippen LogP contribution in [0.2, 0.25) is 5.02 Å². The van der Waals surface area contributed by atoms with Crippen molar-refractivity contribution in [3.05, 3.63) is 35.0 Å². The lowest BCUT2D eigenvalue weighted by Crippen LogP contribution is -1.96. The summed E-state index contributed by atoms with van der Waals surface area (Å²) in [6.45, 7) is 2.08. The van der Waals surface area contributed by atoms with Crippen LogP contribution in [-0.2, 0) is 14.1 Å². The van der Waals surface area contributed by atoms with E-state index in [0.717, 1.165) is 32.9 Å². The first-order chi connectivity index (χ1) is 8.99. The summed E-state index contributed by atoms with van der Waals surface area (Å²) in [5.41, 5.74) is 10.1. The standard InChI is InChI=1S/C14H15ClN4/c1-8-14(11-7-13(16)19(3)17-11)10-6-9(15)4-5-12(10)18(8)2/h4-7H,16H2,1-3H3. The Labute approximate surface area is 116 Å². The molecule has 5 heteroatoms. The minimum atomic E-state index is 0.647. The first kappa shape index (κ1) is 12.1. The van der Waals surface area contributed by atoms with Gasteiger partial charge in [0.15, 0.2) is 0 Å². The van der Waals surface area contributed by atoms with E-state index in [4.69, 9.17) is 17.3 Å². The molecule has 0 aliphatic heterocycles. The Balaban J connectivity index is 2.39. The molecule has 1 aromatic carbocycles. The largest absolute Gasteiger partial charge is 0.384 e. The van der Waals surface area contributed by atoms with Gasteiger partial charge in [-0.05, 0) is 25.1 Å². The van der Waals surface area contributed by atoms with Gasteiger partial charge in [0, 0.05) is 47.3 Å². The summed E-state index contributed by atoms with van der Waals surface area (Å²) in [5.74, 6) is 0.647. The van der Waals surface area contributed by atoms with E-state index in [1.165, 1.54) is 0 Å². The Kier molecular flexibility index (Phi) is 2.57. The number of nitrogen functional groups attached to an aromatic ring is 1. The molecule has 0 fully saturated rings. The van der Waals surface area contributed by atoms with E-state index >= 15 is 0 Å². The van der Waals surface area contributed by atoms with Gasteiger partial charge in [-0.15, -0.1) is 0 Å². The molecule has 2 heterocycles. The molecule has 0 atom stereocenters. The molecule has 3 rings (SSSR count). The zero-order chi connectivity index (χ0) is 13.7. The van der Waals surface area contributed by atoms with Gasteiger partial charge in [0.1, 0.15) is 5.82 Å². The third-order valence-corrected chi connectivity index (χ3v) is 3.86. The second-order valence-electron chi connectivity index (χ2n) is 4.76. The predicted molar refractivity (Wildman–Crippen MR) is 79.3 cm³/mol. The zero-order valence-corrected chi connectivity index (χ0v) is 11.9. The number of nitrogens with zero attached hydrogens (tertiary/aromatic N) is 3. The summed E-state index contributed by atoms with van der Waals surface area (Å²) in [7, 11) is 3.88. The van der Waals surface area contributed by atoms with Crippen molar-refractivity contribution >= 4 is 28.3 Å². The molecule has 0 spiro atoms. The highest BCUT2D eigenvalue weighted by atomic mass is 35.5. The highest BCUT2D eigenvalue weighted by Crippen LogP contribution is 2.35. The van der Waals surface area contributed by atoms with E-state index in [1.54, 1.807) is 4.68 Å². The molecular formula is C14H15ClN4. The van der Waals surface area contributed by atoms with Crippen molar-refractivity contribution in [2.45, 2.75) is 6.92 Å². The topological polar surface area (TPSA) is 48.8 Å². The lowest BCUT2D eigenvalue weighted by atomic mass is 10.1. The van der Waals surface area contributed by atoms with Crippen LogP contribution in [0, 0.1) is 6.92 Å². The summed E-state index contributed by atoms with van der Waals surface area (Å²) in [5, 5.41) is 6.30. The van der Waals surface area contributed by atoms with E-state index < -0.39 is 0 Å². The van der Waals surface area contributed by atoms with Crippen LogP contribution < -0.4 is 5.73 Å². The molecule has 0 unspecified atom stereocenters. The summed E-state index contributed by atoms with van der Waals surface area (Å²) in [6.07, 6.45) is 0. The van der Waals surface area contributed by atoms with E-state index in [1.807, 2.05) is 38.4 Å². The van der Waals surface area contributed by atoms with Gasteiger partial charge in [-0.1, -0.05) is 11.6 Å². The van der Waals surface area contributed by atoms with E-state index in [2.05, 4.69) is 16.6 Å². The maximum absolute atomic E-state index is 6.12. The Morgan fingerprint density at radius 1 is 1.21 bits per heavy atom. The number of rotatable bonds is 1. The van der Waals surface area contributed by atoms with Gasteiger partial charge in [-0.2, -0.15) is 5.10 Å². The molecule has 2 N–H and O–H groups in total. The number of nitrogens with two attached hydrogens (primary N) is 1. The van der Waals surface area contributed by atoms with Crippen LogP contribution in [0.25, 0.3) is 22.2 Å². The summed E-state index contributed by atoms with van der Waals surface area (Å²) in [6, 6.07) is 7.80. The Bertz CT molecular complexity index is 763. The van der Waals surface area contributed by atoms with Gasteiger partial charge in [0.2, 0.25) is 0 Å². The number of halogens is 1. The fourth-order valence-corrected chi connectivity index (χ4v) is 2.64. The lowest BCUT2D eigenvalue weighted by molar-refractivity contribution is 0.782. The summed E-state index contributed by atoms with van der Waals surface area (Å²) < 4.78 is 3.82. The molecule has 98 valence electrons. The molecule has 0 amide bonds. The quantitative estimate of drug-likeness (QED) is 0.741. The molecule has 19 heavy (non-hydrogen) atoms. The number of aryl methyl sites for hydroxylation is 2. The monoisotopic (exact) mass is 274 g/mol. The highest BCUT2D eigenvalue weighted by Gasteiger charge is 2.16. The van der Waals surface area contributed by atoms with Crippen LogP contribution >= 0.6 is 11.6 Å².